The summed E-state index contributed by atoms with van der Waals surface area (Å²) in [6, 6.07) is 0. The molecular weight excluding hydrogens is 289 g/mol. The van der Waals surface area contributed by atoms with E-state index >= 15 is 0 Å². The van der Waals surface area contributed by atoms with Crippen LogP contribution in [0.5, 0.6) is 0 Å². The Bertz CT molecular complexity index is 448. The van der Waals surface area contributed by atoms with Crippen molar-refractivity contribution in [2.45, 2.75) is 30.7 Å². The van der Waals surface area contributed by atoms with E-state index in [0.717, 1.165) is 0 Å². The highest BCUT2D eigenvalue weighted by molar-refractivity contribution is 7.56. The number of rotatable bonds is 6. The molecule has 0 bridgehead atoms. The van der Waals surface area contributed by atoms with Gasteiger partial charge in [0.05, 0.1) is 6.10 Å². The van der Waals surface area contributed by atoms with Crippen molar-refractivity contribution in [3.63, 3.8) is 0 Å². The zero-order valence-corrected chi connectivity index (χ0v) is 12.2. The third kappa shape index (κ3) is 2.65. The zero-order chi connectivity index (χ0) is 15.1. The molecule has 0 aromatic carbocycles. The molecule has 4 N–H and O–H groups in total. The molecule has 2 aliphatic rings. The lowest BCUT2D eigenvalue weighted by Gasteiger charge is -2.29. The summed E-state index contributed by atoms with van der Waals surface area (Å²) < 4.78 is 16.7. The average molecular weight is 309 g/mol. The van der Waals surface area contributed by atoms with Gasteiger partial charge >= 0.3 is 7.60 Å². The summed E-state index contributed by atoms with van der Waals surface area (Å²) in [5, 5.41) is 20.6. The van der Waals surface area contributed by atoms with Gasteiger partial charge in [-0.25, -0.2) is 0 Å². The van der Waals surface area contributed by atoms with Crippen LogP contribution in [0.2, 0.25) is 0 Å². The van der Waals surface area contributed by atoms with E-state index in [1.165, 1.54) is 11.1 Å². The van der Waals surface area contributed by atoms with Crippen LogP contribution < -0.4 is 0 Å². The van der Waals surface area contributed by atoms with Gasteiger partial charge in [-0.15, -0.1) is 0 Å². The Hall–Kier alpha value is -0.470. The van der Waals surface area contributed by atoms with E-state index in [4.69, 9.17) is 14.7 Å². The predicted molar refractivity (Wildman–Crippen MR) is 68.3 cm³/mol. The summed E-state index contributed by atoms with van der Waals surface area (Å²) in [5.74, 6) is -0.193. The molecule has 1 unspecified atom stereocenters. The minimum absolute atomic E-state index is 0.0538. The zero-order valence-electron chi connectivity index (χ0n) is 11.3. The number of hydrogen-bond acceptors (Lipinski definition) is 6. The quantitative estimate of drug-likeness (QED) is 0.379. The molecule has 2 rings (SSSR count). The monoisotopic (exact) mass is 309 g/mol. The van der Waals surface area contributed by atoms with Crippen LogP contribution in [-0.4, -0.2) is 63.6 Å². The molecule has 0 aromatic rings. The molecule has 8 nitrogen and oxygen atoms in total. The van der Waals surface area contributed by atoms with Crippen molar-refractivity contribution in [1.29, 1.82) is 0 Å². The van der Waals surface area contributed by atoms with Gasteiger partial charge in [0, 0.05) is 33.0 Å². The fourth-order valence-electron chi connectivity index (χ4n) is 2.73. The van der Waals surface area contributed by atoms with Crippen molar-refractivity contribution in [3.05, 3.63) is 11.6 Å². The highest BCUT2D eigenvalue weighted by Crippen LogP contribution is 2.62. The second-order valence-corrected chi connectivity index (χ2v) is 6.78. The number of aliphatic hydroxyl groups is 2. The van der Waals surface area contributed by atoms with E-state index < -0.39 is 30.9 Å². The molecule has 1 aliphatic carbocycles. The van der Waals surface area contributed by atoms with E-state index in [1.54, 1.807) is 14.1 Å². The third-order valence-electron chi connectivity index (χ3n) is 3.64. The number of ether oxygens (including phenoxy) is 1. The highest BCUT2D eigenvalue weighted by atomic mass is 31.2. The lowest BCUT2D eigenvalue weighted by Crippen LogP contribution is -2.39. The minimum Gasteiger partial charge on any atom is -0.473 e. The van der Waals surface area contributed by atoms with E-state index in [1.807, 2.05) is 0 Å². The fourth-order valence-corrected chi connectivity index (χ4v) is 3.35. The topological polar surface area (TPSA) is 120 Å². The molecule has 20 heavy (non-hydrogen) atoms. The van der Waals surface area contributed by atoms with Gasteiger partial charge in [-0.05, 0) is 12.5 Å². The van der Waals surface area contributed by atoms with E-state index in [2.05, 4.69) is 0 Å². The molecule has 0 spiro atoms. The van der Waals surface area contributed by atoms with Gasteiger partial charge < -0.3 is 24.7 Å². The molecule has 1 aliphatic heterocycles. The Balaban J connectivity index is 2.22. The van der Waals surface area contributed by atoms with E-state index in [-0.39, 0.29) is 18.9 Å². The van der Waals surface area contributed by atoms with Crippen molar-refractivity contribution < 1.29 is 34.1 Å². The number of nitrogens with zero attached hydrogens (tertiary/aromatic N) is 1. The first kappa shape index (κ1) is 15.9. The molecule has 9 heteroatoms. The van der Waals surface area contributed by atoms with E-state index in [0.29, 0.717) is 6.42 Å². The lowest BCUT2D eigenvalue weighted by atomic mass is 10.0. The van der Waals surface area contributed by atoms with Gasteiger partial charge in [0.1, 0.15) is 6.10 Å². The predicted octanol–water partition coefficient (Wildman–Crippen LogP) is -0.601. The fraction of sp³-hybridized carbons (Fsp3) is 0.818. The highest BCUT2D eigenvalue weighted by Gasteiger charge is 2.74. The van der Waals surface area contributed by atoms with Gasteiger partial charge in [-0.2, -0.15) is 5.06 Å². The molecule has 0 radical (unpaired) electrons. The van der Waals surface area contributed by atoms with Crippen LogP contribution >= 0.6 is 7.60 Å². The van der Waals surface area contributed by atoms with E-state index in [9.17, 15) is 19.5 Å². The van der Waals surface area contributed by atoms with Crippen LogP contribution in [0, 0.1) is 5.92 Å². The summed E-state index contributed by atoms with van der Waals surface area (Å²) in [4.78, 5) is 23.9. The molecule has 116 valence electrons. The maximum absolute atomic E-state index is 11.3. The van der Waals surface area contributed by atoms with Gasteiger partial charge in [-0.1, -0.05) is 0 Å². The Morgan fingerprint density at radius 2 is 2.25 bits per heavy atom. The molecule has 1 fully saturated rings. The van der Waals surface area contributed by atoms with Crippen LogP contribution in [0.25, 0.3) is 0 Å². The molecule has 4 atom stereocenters. The number of fused-ring (bicyclic) bond motifs is 1. The SMILES string of the molecule is CN(C)OC1[C@@H]2CC=C(P(=O)(O)O)O[C@@]12[C@H](O)CCO. The first-order valence-corrected chi connectivity index (χ1v) is 7.93. The number of hydroxylamine groups is 2. The third-order valence-corrected chi connectivity index (χ3v) is 4.49. The van der Waals surface area contributed by atoms with Crippen molar-refractivity contribution in [1.82, 2.24) is 5.06 Å². The Labute approximate surface area is 116 Å². The second-order valence-electron chi connectivity index (χ2n) is 5.25. The average Bonchev–Trinajstić information content (AvgIpc) is 2.96. The first-order chi connectivity index (χ1) is 9.23. The molecule has 0 aromatic heterocycles. The van der Waals surface area contributed by atoms with Crippen LogP contribution in [0.4, 0.5) is 0 Å². The number of hydrogen-bond donors (Lipinski definition) is 4. The van der Waals surface area contributed by atoms with Crippen LogP contribution in [0.1, 0.15) is 12.8 Å². The van der Waals surface area contributed by atoms with Crippen molar-refractivity contribution in [2.75, 3.05) is 20.7 Å². The summed E-state index contributed by atoms with van der Waals surface area (Å²) >= 11 is 0. The normalized spacial score (nSPS) is 34.2. The Kier molecular flexibility index (Phi) is 4.28. The Morgan fingerprint density at radius 3 is 2.75 bits per heavy atom. The van der Waals surface area contributed by atoms with Gasteiger partial charge in [0.2, 0.25) is 5.50 Å². The standard InChI is InChI=1S/C11H20NO7P/c1-12(2)19-10-7-3-4-9(20(15,16)17)18-11(7,10)8(14)5-6-13/h4,7-8,10,13-14H,3,5-6H2,1-2H3,(H2,15,16,17)/t7-,8+,10?,11-/m0/s1. The van der Waals surface area contributed by atoms with Gasteiger partial charge in [-0.3, -0.25) is 9.40 Å². The minimum atomic E-state index is -4.52. The maximum Gasteiger partial charge on any atom is 0.390 e. The molecule has 0 saturated heterocycles. The van der Waals surface area contributed by atoms with Gasteiger partial charge in [0.25, 0.3) is 0 Å². The second kappa shape index (κ2) is 5.38. The number of allylic oxidation sites excluding steroid dienone is 1. The van der Waals surface area contributed by atoms with Crippen molar-refractivity contribution >= 4 is 7.60 Å². The lowest BCUT2D eigenvalue weighted by molar-refractivity contribution is -0.167. The summed E-state index contributed by atoms with van der Waals surface area (Å²) in [5.41, 5.74) is -1.63. The largest absolute Gasteiger partial charge is 0.473 e. The molecule has 1 saturated carbocycles. The summed E-state index contributed by atoms with van der Waals surface area (Å²) in [6.45, 7) is -0.247. The van der Waals surface area contributed by atoms with Crippen molar-refractivity contribution in [3.8, 4) is 0 Å². The summed E-state index contributed by atoms with van der Waals surface area (Å²) in [6.07, 6.45) is 0.186. The number of aliphatic hydroxyl groups excluding tert-OH is 2. The Morgan fingerprint density at radius 1 is 1.60 bits per heavy atom. The van der Waals surface area contributed by atoms with Crippen LogP contribution in [-0.2, 0) is 14.1 Å². The van der Waals surface area contributed by atoms with Crippen LogP contribution in [0.3, 0.4) is 0 Å². The molecular formula is C11H20NO7P. The smallest absolute Gasteiger partial charge is 0.390 e. The van der Waals surface area contributed by atoms with Gasteiger partial charge in [0.15, 0.2) is 5.60 Å². The van der Waals surface area contributed by atoms with Crippen LogP contribution in [0.15, 0.2) is 11.6 Å². The maximum atomic E-state index is 11.3. The van der Waals surface area contributed by atoms with Crippen molar-refractivity contribution in [2.24, 2.45) is 5.92 Å². The summed E-state index contributed by atoms with van der Waals surface area (Å²) in [7, 11) is -1.17. The first-order valence-electron chi connectivity index (χ1n) is 6.31. The molecule has 0 amide bonds. The molecule has 1 heterocycles.